The van der Waals surface area contributed by atoms with E-state index in [0.717, 1.165) is 24.0 Å². The Kier molecular flexibility index (Phi) is 5.68. The Morgan fingerprint density at radius 3 is 2.50 bits per heavy atom. The van der Waals surface area contributed by atoms with Crippen LogP contribution in [0.4, 0.5) is 0 Å². The molecule has 1 aliphatic rings. The van der Waals surface area contributed by atoms with Gasteiger partial charge in [0.2, 0.25) is 0 Å². The summed E-state index contributed by atoms with van der Waals surface area (Å²) in [7, 11) is 4.89. The molecule has 5 radical (unpaired) electrons. The lowest BCUT2D eigenvalue weighted by Crippen LogP contribution is -2.17. The van der Waals surface area contributed by atoms with Gasteiger partial charge in [-0.3, -0.25) is 0 Å². The molecule has 0 bridgehead atoms. The van der Waals surface area contributed by atoms with Gasteiger partial charge in [-0.25, -0.2) is 0 Å². The van der Waals surface area contributed by atoms with E-state index in [-0.39, 0.29) is 6.79 Å². The van der Waals surface area contributed by atoms with Gasteiger partial charge in [-0.05, 0) is 25.3 Å². The summed E-state index contributed by atoms with van der Waals surface area (Å²) in [6.45, 7) is 0.184. The minimum absolute atomic E-state index is 0.184. The van der Waals surface area contributed by atoms with E-state index in [1.54, 1.807) is 21.3 Å². The summed E-state index contributed by atoms with van der Waals surface area (Å²) in [5.74, 6) is 2.54. The van der Waals surface area contributed by atoms with Crippen LogP contribution in [0.25, 0.3) is 0 Å². The predicted molar refractivity (Wildman–Crippen MR) is 75.6 cm³/mol. The van der Waals surface area contributed by atoms with Crippen LogP contribution in [0.15, 0.2) is 18.2 Å². The molecule has 0 aliphatic heterocycles. The highest BCUT2D eigenvalue weighted by Crippen LogP contribution is 2.41. The first-order valence-electron chi connectivity index (χ1n) is 6.37. The van der Waals surface area contributed by atoms with Gasteiger partial charge in [0.25, 0.3) is 0 Å². The van der Waals surface area contributed by atoms with Crippen molar-refractivity contribution in [2.45, 2.75) is 6.42 Å². The van der Waals surface area contributed by atoms with Crippen molar-refractivity contribution >= 4 is 0 Å². The lowest BCUT2D eigenvalue weighted by atomic mass is 9.82. The fraction of sp³-hybridized carbons (Fsp3) is 0.312. The van der Waals surface area contributed by atoms with Crippen LogP contribution in [0.2, 0.25) is 0 Å². The lowest BCUT2D eigenvalue weighted by Gasteiger charge is -2.27. The van der Waals surface area contributed by atoms with Crippen LogP contribution in [0, 0.1) is 31.3 Å². The fourth-order valence-corrected chi connectivity index (χ4v) is 2.08. The summed E-state index contributed by atoms with van der Waals surface area (Å²) in [4.78, 5) is 0. The molecule has 0 N–H and O–H groups in total. The number of rotatable bonds is 6. The molecule has 2 rings (SSSR count). The highest BCUT2D eigenvalue weighted by atomic mass is 16.7. The Morgan fingerprint density at radius 1 is 1.05 bits per heavy atom. The fourth-order valence-electron chi connectivity index (χ4n) is 2.08. The van der Waals surface area contributed by atoms with Crippen molar-refractivity contribution in [3.05, 3.63) is 55.0 Å². The molecule has 0 aromatic heterocycles. The van der Waals surface area contributed by atoms with Crippen molar-refractivity contribution in [2.75, 3.05) is 28.1 Å². The van der Waals surface area contributed by atoms with Crippen LogP contribution >= 0.6 is 0 Å². The van der Waals surface area contributed by atoms with Gasteiger partial charge < -0.3 is 18.9 Å². The molecule has 0 saturated heterocycles. The second kappa shape index (κ2) is 7.50. The van der Waals surface area contributed by atoms with E-state index in [9.17, 15) is 0 Å². The third-order valence-corrected chi connectivity index (χ3v) is 3.07. The van der Waals surface area contributed by atoms with E-state index in [1.165, 1.54) is 0 Å². The van der Waals surface area contributed by atoms with E-state index in [1.807, 2.05) is 37.5 Å². The molecule has 4 nitrogen and oxygen atoms in total. The van der Waals surface area contributed by atoms with Crippen molar-refractivity contribution < 1.29 is 18.9 Å². The number of para-hydroxylation sites is 1. The third kappa shape index (κ3) is 3.44. The first-order valence-corrected chi connectivity index (χ1v) is 6.37. The zero-order chi connectivity index (χ0) is 14.4. The zero-order valence-corrected chi connectivity index (χ0v) is 12.0. The molecule has 0 atom stereocenters. The first-order chi connectivity index (χ1) is 9.80. The van der Waals surface area contributed by atoms with Crippen molar-refractivity contribution in [2.24, 2.45) is 0 Å². The Balaban J connectivity index is 2.17. The number of hydrogen-bond acceptors (Lipinski definition) is 4. The summed E-state index contributed by atoms with van der Waals surface area (Å²) in [6.07, 6.45) is 7.67. The molecule has 0 amide bonds. The minimum atomic E-state index is 0.184. The quantitative estimate of drug-likeness (QED) is 0.748. The summed E-state index contributed by atoms with van der Waals surface area (Å²) in [5, 5.41) is 0. The molecule has 1 fully saturated rings. The molecule has 1 aromatic carbocycles. The second-order valence-electron chi connectivity index (χ2n) is 4.26. The summed E-state index contributed by atoms with van der Waals surface area (Å²) in [6, 6.07) is 5.83. The molecular formula is C16H19O4. The zero-order valence-electron chi connectivity index (χ0n) is 12.0. The first kappa shape index (κ1) is 15.1. The van der Waals surface area contributed by atoms with Gasteiger partial charge in [0, 0.05) is 32.1 Å². The Hall–Kier alpha value is -1.26. The maximum absolute atomic E-state index is 5.66. The van der Waals surface area contributed by atoms with Crippen molar-refractivity contribution in [3.63, 3.8) is 0 Å². The Labute approximate surface area is 121 Å². The van der Waals surface area contributed by atoms with E-state index in [4.69, 9.17) is 18.9 Å². The minimum Gasteiger partial charge on any atom is -0.493 e. The number of hydrogen-bond donors (Lipinski definition) is 0. The third-order valence-electron chi connectivity index (χ3n) is 3.07. The summed E-state index contributed by atoms with van der Waals surface area (Å²) >= 11 is 0. The van der Waals surface area contributed by atoms with Crippen LogP contribution in [0.5, 0.6) is 11.5 Å². The van der Waals surface area contributed by atoms with Crippen molar-refractivity contribution in [3.8, 4) is 11.5 Å². The number of methoxy groups -OCH3 is 3. The van der Waals surface area contributed by atoms with Gasteiger partial charge in [0.1, 0.15) is 6.10 Å². The van der Waals surface area contributed by atoms with E-state index in [0.29, 0.717) is 11.5 Å². The Morgan fingerprint density at radius 2 is 1.90 bits per heavy atom. The molecule has 0 spiro atoms. The second-order valence-corrected chi connectivity index (χ2v) is 4.26. The molecule has 1 aliphatic carbocycles. The van der Waals surface area contributed by atoms with Crippen LogP contribution in [0.1, 0.15) is 12.0 Å². The molecule has 107 valence electrons. The average Bonchev–Trinajstić information content (AvgIpc) is 2.52. The molecular weight excluding hydrogens is 256 g/mol. The topological polar surface area (TPSA) is 36.9 Å². The highest BCUT2D eigenvalue weighted by molar-refractivity contribution is 5.56. The van der Waals surface area contributed by atoms with Gasteiger partial charge in [0.15, 0.2) is 18.3 Å². The van der Waals surface area contributed by atoms with E-state index in [2.05, 4.69) is 0 Å². The van der Waals surface area contributed by atoms with Gasteiger partial charge >= 0.3 is 0 Å². The largest absolute Gasteiger partial charge is 0.493 e. The molecule has 1 aromatic rings. The SMILES string of the molecule is COCOc1c(OC)cccc1[C]1[CH][CH][C](OC)[CH]C1. The van der Waals surface area contributed by atoms with Crippen LogP contribution in [0.3, 0.4) is 0 Å². The molecule has 1 saturated carbocycles. The summed E-state index contributed by atoms with van der Waals surface area (Å²) in [5.41, 5.74) is 1.00. The van der Waals surface area contributed by atoms with Crippen molar-refractivity contribution in [1.82, 2.24) is 0 Å². The smallest absolute Gasteiger partial charge is 0.188 e. The van der Waals surface area contributed by atoms with E-state index < -0.39 is 0 Å². The van der Waals surface area contributed by atoms with Crippen molar-refractivity contribution in [1.29, 1.82) is 0 Å². The highest BCUT2D eigenvalue weighted by Gasteiger charge is 2.27. The van der Waals surface area contributed by atoms with E-state index >= 15 is 0 Å². The van der Waals surface area contributed by atoms with Crippen LogP contribution < -0.4 is 9.47 Å². The standard InChI is InChI=1S/C16H19O4/c1-17-11-20-16-14(5-4-6-15(16)19-3)12-7-9-13(18-2)10-8-12/h4-7,9-10H,8,11H2,1-3H3. The molecule has 0 unspecified atom stereocenters. The van der Waals surface area contributed by atoms with Gasteiger partial charge in [-0.1, -0.05) is 12.1 Å². The van der Waals surface area contributed by atoms with Crippen LogP contribution in [-0.4, -0.2) is 28.1 Å². The summed E-state index contributed by atoms with van der Waals surface area (Å²) < 4.78 is 21.2. The van der Waals surface area contributed by atoms with Crippen LogP contribution in [-0.2, 0) is 9.47 Å². The normalized spacial score (nSPS) is 17.1. The number of benzene rings is 1. The molecule has 0 heterocycles. The Bertz CT molecular complexity index is 411. The molecule has 4 heteroatoms. The number of ether oxygens (including phenoxy) is 4. The predicted octanol–water partition coefficient (Wildman–Crippen LogP) is 2.80. The average molecular weight is 275 g/mol. The van der Waals surface area contributed by atoms with Gasteiger partial charge in [0.05, 0.1) is 7.11 Å². The lowest BCUT2D eigenvalue weighted by molar-refractivity contribution is 0.0486. The van der Waals surface area contributed by atoms with Gasteiger partial charge in [-0.15, -0.1) is 0 Å². The van der Waals surface area contributed by atoms with Gasteiger partial charge in [-0.2, -0.15) is 0 Å². The monoisotopic (exact) mass is 275 g/mol. The maximum atomic E-state index is 5.66. The molecule has 20 heavy (non-hydrogen) atoms. The maximum Gasteiger partial charge on any atom is 0.188 e.